The molecule has 0 saturated carbocycles. The Labute approximate surface area is 169 Å². The van der Waals surface area contributed by atoms with Crippen molar-refractivity contribution in [2.75, 3.05) is 53.5 Å². The predicted molar refractivity (Wildman–Crippen MR) is 112 cm³/mol. The van der Waals surface area contributed by atoms with Crippen LogP contribution < -0.4 is 5.32 Å². The van der Waals surface area contributed by atoms with Crippen molar-refractivity contribution in [3.8, 4) is 0 Å². The van der Waals surface area contributed by atoms with E-state index in [0.717, 1.165) is 38.7 Å². The average molecular weight is 470 g/mol. The number of amides is 1. The second kappa shape index (κ2) is 11.8. The standard InChI is InChI=1S/C17H34N4O3.HI/c1-7-18-15(21(6)12-14-8-11-23-13-14)19-9-10-20(5)16(22)24-17(2,3)4;/h14H,7-13H2,1-6H3,(H,18,19);1H. The van der Waals surface area contributed by atoms with E-state index in [9.17, 15) is 4.79 Å². The topological polar surface area (TPSA) is 66.4 Å². The first-order valence-electron chi connectivity index (χ1n) is 8.74. The van der Waals surface area contributed by atoms with Crippen molar-refractivity contribution < 1.29 is 14.3 Å². The Bertz CT molecular complexity index is 421. The van der Waals surface area contributed by atoms with Gasteiger partial charge in [0.1, 0.15) is 5.60 Å². The highest BCUT2D eigenvalue weighted by atomic mass is 127. The van der Waals surface area contributed by atoms with E-state index in [1.165, 1.54) is 0 Å². The smallest absolute Gasteiger partial charge is 0.410 e. The molecule has 0 radical (unpaired) electrons. The first-order valence-corrected chi connectivity index (χ1v) is 8.74. The molecule has 0 spiro atoms. The maximum atomic E-state index is 11.9. The summed E-state index contributed by atoms with van der Waals surface area (Å²) in [5, 5.41) is 3.30. The third kappa shape index (κ3) is 10.1. The third-order valence-corrected chi connectivity index (χ3v) is 3.65. The number of carbonyl (C=O) groups is 1. The molecule has 148 valence electrons. The van der Waals surface area contributed by atoms with Crippen molar-refractivity contribution in [3.05, 3.63) is 0 Å². The zero-order chi connectivity index (χ0) is 18.2. The summed E-state index contributed by atoms with van der Waals surface area (Å²) in [4.78, 5) is 20.2. The van der Waals surface area contributed by atoms with Gasteiger partial charge < -0.3 is 24.6 Å². The zero-order valence-corrected chi connectivity index (χ0v) is 18.8. The van der Waals surface area contributed by atoms with E-state index in [1.54, 1.807) is 11.9 Å². The average Bonchev–Trinajstić information content (AvgIpc) is 2.97. The molecule has 25 heavy (non-hydrogen) atoms. The molecule has 0 aromatic carbocycles. The highest BCUT2D eigenvalue weighted by Crippen LogP contribution is 2.13. The normalized spacial score (nSPS) is 17.7. The Morgan fingerprint density at radius 2 is 2.00 bits per heavy atom. The quantitative estimate of drug-likeness (QED) is 0.367. The molecule has 1 unspecified atom stereocenters. The van der Waals surface area contributed by atoms with Crippen LogP contribution in [0.2, 0.25) is 0 Å². The molecule has 1 heterocycles. The minimum atomic E-state index is -0.479. The van der Waals surface area contributed by atoms with E-state index >= 15 is 0 Å². The van der Waals surface area contributed by atoms with Crippen LogP contribution in [-0.4, -0.2) is 80.9 Å². The Hall–Kier alpha value is -0.770. The summed E-state index contributed by atoms with van der Waals surface area (Å²) in [5.74, 6) is 1.42. The van der Waals surface area contributed by atoms with E-state index in [2.05, 4.69) is 22.1 Å². The van der Waals surface area contributed by atoms with Crippen molar-refractivity contribution in [3.63, 3.8) is 0 Å². The van der Waals surface area contributed by atoms with Gasteiger partial charge in [-0.25, -0.2) is 4.79 Å². The number of nitrogens with one attached hydrogen (secondary N) is 1. The minimum Gasteiger partial charge on any atom is -0.444 e. The molecule has 1 rings (SSSR count). The van der Waals surface area contributed by atoms with Crippen molar-refractivity contribution in [2.45, 2.75) is 39.7 Å². The maximum Gasteiger partial charge on any atom is 0.410 e. The summed E-state index contributed by atoms with van der Waals surface area (Å²) >= 11 is 0. The SMILES string of the molecule is CCNC(=NCCN(C)C(=O)OC(C)(C)C)N(C)CC1CCOC1.I. The van der Waals surface area contributed by atoms with Gasteiger partial charge >= 0.3 is 6.09 Å². The summed E-state index contributed by atoms with van der Waals surface area (Å²) in [5.41, 5.74) is -0.479. The number of carbonyl (C=O) groups excluding carboxylic acids is 1. The molecule has 1 fully saturated rings. The lowest BCUT2D eigenvalue weighted by atomic mass is 10.1. The van der Waals surface area contributed by atoms with E-state index in [-0.39, 0.29) is 30.1 Å². The fraction of sp³-hybridized carbons (Fsp3) is 0.882. The van der Waals surface area contributed by atoms with Gasteiger partial charge in [-0.15, -0.1) is 24.0 Å². The molecule has 1 amide bonds. The van der Waals surface area contributed by atoms with Crippen LogP contribution in [-0.2, 0) is 9.47 Å². The fourth-order valence-electron chi connectivity index (χ4n) is 2.41. The lowest BCUT2D eigenvalue weighted by molar-refractivity contribution is 0.0304. The zero-order valence-electron chi connectivity index (χ0n) is 16.5. The number of nitrogens with zero attached hydrogens (tertiary/aromatic N) is 3. The molecule has 0 aliphatic carbocycles. The molecule has 8 heteroatoms. The first-order chi connectivity index (χ1) is 11.2. The van der Waals surface area contributed by atoms with Crippen LogP contribution in [0.1, 0.15) is 34.1 Å². The van der Waals surface area contributed by atoms with Crippen LogP contribution >= 0.6 is 24.0 Å². The van der Waals surface area contributed by atoms with Gasteiger partial charge in [0.05, 0.1) is 13.2 Å². The second-order valence-electron chi connectivity index (χ2n) is 7.25. The van der Waals surface area contributed by atoms with Gasteiger partial charge in [-0.1, -0.05) is 0 Å². The summed E-state index contributed by atoms with van der Waals surface area (Å²) in [6.45, 7) is 12.1. The van der Waals surface area contributed by atoms with Gasteiger partial charge in [-0.3, -0.25) is 4.99 Å². The summed E-state index contributed by atoms with van der Waals surface area (Å²) in [6, 6.07) is 0. The van der Waals surface area contributed by atoms with E-state index in [4.69, 9.17) is 9.47 Å². The third-order valence-electron chi connectivity index (χ3n) is 3.65. The van der Waals surface area contributed by atoms with Crippen LogP contribution in [0.4, 0.5) is 4.79 Å². The lowest BCUT2D eigenvalue weighted by Gasteiger charge is -2.26. The molecule has 0 aromatic heterocycles. The maximum absolute atomic E-state index is 11.9. The Kier molecular flexibility index (Phi) is 11.4. The van der Waals surface area contributed by atoms with Crippen molar-refractivity contribution >= 4 is 36.0 Å². The van der Waals surface area contributed by atoms with Crippen molar-refractivity contribution in [1.82, 2.24) is 15.1 Å². The van der Waals surface area contributed by atoms with Crippen LogP contribution in [0.3, 0.4) is 0 Å². The summed E-state index contributed by atoms with van der Waals surface area (Å²) in [6.07, 6.45) is 0.782. The number of guanidine groups is 1. The van der Waals surface area contributed by atoms with Gasteiger partial charge in [0.2, 0.25) is 0 Å². The summed E-state index contributed by atoms with van der Waals surface area (Å²) < 4.78 is 10.8. The summed E-state index contributed by atoms with van der Waals surface area (Å²) in [7, 11) is 3.77. The molecule has 1 atom stereocenters. The number of rotatable bonds is 6. The van der Waals surface area contributed by atoms with E-state index in [0.29, 0.717) is 19.0 Å². The number of aliphatic imine (C=N–C) groups is 1. The Morgan fingerprint density at radius 1 is 1.32 bits per heavy atom. The number of ether oxygens (including phenoxy) is 2. The Balaban J connectivity index is 0.00000576. The van der Waals surface area contributed by atoms with Gasteiger partial charge in [0.25, 0.3) is 0 Å². The van der Waals surface area contributed by atoms with Crippen LogP contribution in [0.5, 0.6) is 0 Å². The molecule has 1 aliphatic heterocycles. The molecular formula is C17H35IN4O3. The highest BCUT2D eigenvalue weighted by Gasteiger charge is 2.20. The second-order valence-corrected chi connectivity index (χ2v) is 7.25. The minimum absolute atomic E-state index is 0. The van der Waals surface area contributed by atoms with Gasteiger partial charge in [0.15, 0.2) is 5.96 Å². The van der Waals surface area contributed by atoms with Crippen molar-refractivity contribution in [2.24, 2.45) is 10.9 Å². The predicted octanol–water partition coefficient (Wildman–Crippen LogP) is 2.41. The van der Waals surface area contributed by atoms with Crippen LogP contribution in [0.25, 0.3) is 0 Å². The van der Waals surface area contributed by atoms with Gasteiger partial charge in [0, 0.05) is 46.3 Å². The van der Waals surface area contributed by atoms with Crippen LogP contribution in [0.15, 0.2) is 4.99 Å². The molecular weight excluding hydrogens is 435 g/mol. The molecule has 1 N–H and O–H groups in total. The molecule has 0 bridgehead atoms. The number of hydrogen-bond donors (Lipinski definition) is 1. The van der Waals surface area contributed by atoms with Gasteiger partial charge in [-0.2, -0.15) is 0 Å². The molecule has 0 aromatic rings. The number of hydrogen-bond acceptors (Lipinski definition) is 4. The molecule has 1 aliphatic rings. The van der Waals surface area contributed by atoms with Crippen molar-refractivity contribution in [1.29, 1.82) is 0 Å². The number of likely N-dealkylation sites (N-methyl/N-ethyl adjacent to an activating group) is 1. The molecule has 7 nitrogen and oxygen atoms in total. The van der Waals surface area contributed by atoms with E-state index in [1.807, 2.05) is 27.8 Å². The Morgan fingerprint density at radius 3 is 2.52 bits per heavy atom. The number of halogens is 1. The van der Waals surface area contributed by atoms with Crippen LogP contribution in [0, 0.1) is 5.92 Å². The molecule has 1 saturated heterocycles. The first kappa shape index (κ1) is 24.2. The lowest BCUT2D eigenvalue weighted by Crippen LogP contribution is -2.42. The monoisotopic (exact) mass is 470 g/mol. The largest absolute Gasteiger partial charge is 0.444 e. The highest BCUT2D eigenvalue weighted by molar-refractivity contribution is 14.0. The van der Waals surface area contributed by atoms with Gasteiger partial charge in [-0.05, 0) is 34.1 Å². The van der Waals surface area contributed by atoms with E-state index < -0.39 is 5.60 Å². The fourth-order valence-corrected chi connectivity index (χ4v) is 2.41.